The third-order valence-corrected chi connectivity index (χ3v) is 3.54. The van der Waals surface area contributed by atoms with E-state index in [1.54, 1.807) is 0 Å². The molecule has 1 aliphatic heterocycles. The molecule has 2 heteroatoms. The molecular formula is C11H19NS. The van der Waals surface area contributed by atoms with Crippen LogP contribution in [0, 0.1) is 5.41 Å². The Balaban J connectivity index is 1.76. The summed E-state index contributed by atoms with van der Waals surface area (Å²) in [5.74, 6) is 0.874. The normalized spacial score (nSPS) is 27.2. The van der Waals surface area contributed by atoms with E-state index in [1.165, 1.54) is 38.8 Å². The lowest BCUT2D eigenvalue weighted by Gasteiger charge is -2.32. The monoisotopic (exact) mass is 197 g/mol. The molecule has 74 valence electrons. The summed E-state index contributed by atoms with van der Waals surface area (Å²) >= 11 is 4.16. The molecule has 0 unspecified atom stereocenters. The fourth-order valence-corrected chi connectivity index (χ4v) is 2.50. The Bertz CT molecular complexity index is 196. The lowest BCUT2D eigenvalue weighted by Crippen LogP contribution is -2.36. The van der Waals surface area contributed by atoms with E-state index in [0.29, 0.717) is 0 Å². The van der Waals surface area contributed by atoms with E-state index in [2.05, 4.69) is 29.7 Å². The van der Waals surface area contributed by atoms with Crippen molar-refractivity contribution in [3.05, 3.63) is 12.2 Å². The number of rotatable bonds is 3. The molecular weight excluding hydrogens is 178 g/mol. The second kappa shape index (κ2) is 4.05. The van der Waals surface area contributed by atoms with Crippen molar-refractivity contribution in [3.8, 4) is 0 Å². The Hall–Kier alpha value is 0.0500. The number of thiol groups is 1. The fourth-order valence-electron chi connectivity index (χ4n) is 2.35. The van der Waals surface area contributed by atoms with Gasteiger partial charge in [0.15, 0.2) is 0 Å². The van der Waals surface area contributed by atoms with E-state index in [-0.39, 0.29) is 0 Å². The van der Waals surface area contributed by atoms with Gasteiger partial charge in [-0.1, -0.05) is 12.2 Å². The van der Waals surface area contributed by atoms with Crippen LogP contribution in [0.25, 0.3) is 0 Å². The van der Waals surface area contributed by atoms with E-state index >= 15 is 0 Å². The molecule has 2 rings (SSSR count). The van der Waals surface area contributed by atoms with E-state index in [0.717, 1.165) is 17.7 Å². The molecule has 0 bridgehead atoms. The minimum atomic E-state index is 0.771. The van der Waals surface area contributed by atoms with E-state index in [9.17, 15) is 0 Å². The maximum atomic E-state index is 4.16. The first kappa shape index (κ1) is 9.60. The van der Waals surface area contributed by atoms with Crippen LogP contribution in [-0.4, -0.2) is 30.3 Å². The Labute approximate surface area is 86.6 Å². The zero-order valence-corrected chi connectivity index (χ0v) is 9.10. The molecule has 1 saturated carbocycles. The van der Waals surface area contributed by atoms with E-state index < -0.39 is 0 Å². The molecule has 0 aromatic heterocycles. The smallest absolute Gasteiger partial charge is 0.0163 e. The highest BCUT2D eigenvalue weighted by Gasteiger charge is 2.44. The summed E-state index contributed by atoms with van der Waals surface area (Å²) in [6, 6.07) is 0. The zero-order chi connectivity index (χ0) is 9.15. The molecule has 2 aliphatic rings. The predicted molar refractivity (Wildman–Crippen MR) is 60.3 cm³/mol. The van der Waals surface area contributed by atoms with Crippen molar-refractivity contribution in [1.29, 1.82) is 0 Å². The Morgan fingerprint density at radius 3 is 2.77 bits per heavy atom. The van der Waals surface area contributed by atoms with Crippen LogP contribution in [0.3, 0.4) is 0 Å². The van der Waals surface area contributed by atoms with Crippen LogP contribution in [0.4, 0.5) is 0 Å². The lowest BCUT2D eigenvalue weighted by molar-refractivity contribution is 0.176. The summed E-state index contributed by atoms with van der Waals surface area (Å²) < 4.78 is 0. The van der Waals surface area contributed by atoms with Gasteiger partial charge in [-0.25, -0.2) is 0 Å². The first-order chi connectivity index (χ1) is 6.35. The summed E-state index contributed by atoms with van der Waals surface area (Å²) in [5, 5.41) is 0. The molecule has 1 saturated heterocycles. The van der Waals surface area contributed by atoms with Gasteiger partial charge in [-0.2, -0.15) is 12.6 Å². The van der Waals surface area contributed by atoms with Gasteiger partial charge in [0.25, 0.3) is 0 Å². The Morgan fingerprint density at radius 2 is 2.08 bits per heavy atom. The van der Waals surface area contributed by atoms with Crippen molar-refractivity contribution >= 4 is 12.6 Å². The van der Waals surface area contributed by atoms with Crippen molar-refractivity contribution in [1.82, 2.24) is 4.90 Å². The van der Waals surface area contributed by atoms with Gasteiger partial charge in [-0.05, 0) is 37.6 Å². The maximum absolute atomic E-state index is 4.16. The highest BCUT2D eigenvalue weighted by Crippen LogP contribution is 2.51. The number of hydrogen-bond donors (Lipinski definition) is 1. The minimum absolute atomic E-state index is 0.771. The highest BCUT2D eigenvalue weighted by molar-refractivity contribution is 7.80. The number of likely N-dealkylation sites (tertiary alicyclic amines) is 1. The molecule has 1 heterocycles. The van der Waals surface area contributed by atoms with Gasteiger partial charge in [-0.3, -0.25) is 4.90 Å². The molecule has 1 nitrogen and oxygen atoms in total. The molecule has 0 amide bonds. The van der Waals surface area contributed by atoms with E-state index in [1.807, 2.05) is 0 Å². The van der Waals surface area contributed by atoms with Crippen molar-refractivity contribution < 1.29 is 0 Å². The molecule has 0 N–H and O–H groups in total. The molecule has 1 aliphatic carbocycles. The second-order valence-electron chi connectivity index (χ2n) is 4.49. The van der Waals surface area contributed by atoms with Crippen molar-refractivity contribution in [3.63, 3.8) is 0 Å². The van der Waals surface area contributed by atoms with Gasteiger partial charge in [0.1, 0.15) is 0 Å². The third kappa shape index (κ3) is 2.50. The molecule has 13 heavy (non-hydrogen) atoms. The van der Waals surface area contributed by atoms with Crippen molar-refractivity contribution in [2.24, 2.45) is 5.41 Å². The summed E-state index contributed by atoms with van der Waals surface area (Å²) in [6.45, 7) is 3.80. The fraction of sp³-hybridized carbons (Fsp3) is 0.818. The summed E-state index contributed by atoms with van der Waals surface area (Å²) in [4.78, 5) is 2.59. The second-order valence-corrected chi connectivity index (χ2v) is 4.86. The zero-order valence-electron chi connectivity index (χ0n) is 8.21. The van der Waals surface area contributed by atoms with Crippen LogP contribution in [0.2, 0.25) is 0 Å². The van der Waals surface area contributed by atoms with E-state index in [4.69, 9.17) is 0 Å². The molecule has 0 aromatic carbocycles. The predicted octanol–water partition coefficient (Wildman–Crippen LogP) is 2.35. The number of hydrogen-bond acceptors (Lipinski definition) is 2. The molecule has 0 atom stereocenters. The quantitative estimate of drug-likeness (QED) is 0.537. The summed E-state index contributed by atoms with van der Waals surface area (Å²) in [5.41, 5.74) is 0.771. The summed E-state index contributed by atoms with van der Waals surface area (Å²) in [7, 11) is 0. The molecule has 0 aromatic rings. The summed E-state index contributed by atoms with van der Waals surface area (Å²) in [6.07, 6.45) is 10.3. The van der Waals surface area contributed by atoms with Crippen LogP contribution in [0.5, 0.6) is 0 Å². The molecule has 0 radical (unpaired) electrons. The van der Waals surface area contributed by atoms with Gasteiger partial charge in [-0.15, -0.1) is 0 Å². The average molecular weight is 197 g/mol. The minimum Gasteiger partial charge on any atom is -0.299 e. The molecule has 1 spiro atoms. The van der Waals surface area contributed by atoms with Crippen LogP contribution in [0.1, 0.15) is 25.7 Å². The number of nitrogens with zero attached hydrogens (tertiary/aromatic N) is 1. The average Bonchev–Trinajstić information content (AvgIpc) is 2.86. The largest absolute Gasteiger partial charge is 0.299 e. The van der Waals surface area contributed by atoms with Gasteiger partial charge in [0, 0.05) is 18.8 Å². The standard InChI is InChI=1S/C11H19NS/c13-9-2-1-7-12-8-3-4-11(10-12)5-6-11/h1-2,13H,3-10H2/b2-1+. The lowest BCUT2D eigenvalue weighted by atomic mass is 9.95. The maximum Gasteiger partial charge on any atom is 0.0163 e. The van der Waals surface area contributed by atoms with Gasteiger partial charge >= 0.3 is 0 Å². The highest BCUT2D eigenvalue weighted by atomic mass is 32.1. The van der Waals surface area contributed by atoms with Crippen molar-refractivity contribution in [2.45, 2.75) is 25.7 Å². The first-order valence-corrected chi connectivity index (χ1v) is 5.96. The van der Waals surface area contributed by atoms with Crippen LogP contribution in [0.15, 0.2) is 12.2 Å². The van der Waals surface area contributed by atoms with Gasteiger partial charge in [0.05, 0.1) is 0 Å². The number of piperidine rings is 1. The molecule has 2 fully saturated rings. The Kier molecular flexibility index (Phi) is 2.99. The first-order valence-electron chi connectivity index (χ1n) is 5.33. The SMILES string of the molecule is SC/C=C/CN1CCCC2(CC2)C1. The Morgan fingerprint density at radius 1 is 1.23 bits per heavy atom. The topological polar surface area (TPSA) is 3.24 Å². The van der Waals surface area contributed by atoms with Crippen LogP contribution in [-0.2, 0) is 0 Å². The van der Waals surface area contributed by atoms with Crippen LogP contribution >= 0.6 is 12.6 Å². The van der Waals surface area contributed by atoms with Gasteiger partial charge < -0.3 is 0 Å². The third-order valence-electron chi connectivity index (χ3n) is 3.33. The van der Waals surface area contributed by atoms with Gasteiger partial charge in [0.2, 0.25) is 0 Å². The van der Waals surface area contributed by atoms with Crippen LogP contribution < -0.4 is 0 Å². The van der Waals surface area contributed by atoms with Crippen molar-refractivity contribution in [2.75, 3.05) is 25.4 Å².